The molecule has 4 nitrogen and oxygen atoms in total. The van der Waals surface area contributed by atoms with Gasteiger partial charge >= 0.3 is 6.09 Å². The maximum absolute atomic E-state index is 11.8. The summed E-state index contributed by atoms with van der Waals surface area (Å²) < 4.78 is 5.11. The molecule has 0 aliphatic heterocycles. The van der Waals surface area contributed by atoms with Gasteiger partial charge in [-0.15, -0.1) is 0 Å². The lowest BCUT2D eigenvalue weighted by molar-refractivity contribution is -0.122. The van der Waals surface area contributed by atoms with Gasteiger partial charge in [0, 0.05) is 18.9 Å². The van der Waals surface area contributed by atoms with Crippen LogP contribution in [0, 0.1) is 5.92 Å². The van der Waals surface area contributed by atoms with Crippen molar-refractivity contribution in [3.05, 3.63) is 0 Å². The van der Waals surface area contributed by atoms with Crippen LogP contribution in [-0.2, 0) is 9.53 Å². The largest absolute Gasteiger partial charge is 0.444 e. The quantitative estimate of drug-likeness (QED) is 0.768. The van der Waals surface area contributed by atoms with E-state index in [1.165, 1.54) is 12.8 Å². The van der Waals surface area contributed by atoms with Crippen LogP contribution in [0.4, 0.5) is 4.79 Å². The third-order valence-corrected chi connectivity index (χ3v) is 3.08. The van der Waals surface area contributed by atoms with Crippen LogP contribution in [0.3, 0.4) is 0 Å². The summed E-state index contributed by atoms with van der Waals surface area (Å²) in [4.78, 5) is 23.1. The first-order valence-corrected chi connectivity index (χ1v) is 6.88. The molecule has 1 fully saturated rings. The van der Waals surface area contributed by atoms with Crippen LogP contribution in [0.15, 0.2) is 0 Å². The monoisotopic (exact) mass is 255 g/mol. The number of ketones is 1. The highest BCUT2D eigenvalue weighted by molar-refractivity contribution is 5.81. The number of amides is 1. The second kappa shape index (κ2) is 6.76. The summed E-state index contributed by atoms with van der Waals surface area (Å²) in [5, 5.41) is 2.67. The average molecular weight is 255 g/mol. The van der Waals surface area contributed by atoms with Crippen molar-refractivity contribution in [3.8, 4) is 0 Å². The zero-order valence-corrected chi connectivity index (χ0v) is 11.8. The van der Waals surface area contributed by atoms with Gasteiger partial charge in [0.15, 0.2) is 0 Å². The molecule has 0 bridgehead atoms. The predicted octanol–water partition coefficient (Wildman–Crippen LogP) is 3.05. The molecule has 0 radical (unpaired) electrons. The molecule has 0 aromatic heterocycles. The highest BCUT2D eigenvalue weighted by atomic mass is 16.6. The van der Waals surface area contributed by atoms with Crippen molar-refractivity contribution in [1.29, 1.82) is 0 Å². The van der Waals surface area contributed by atoms with Crippen molar-refractivity contribution >= 4 is 11.9 Å². The Labute approximate surface area is 109 Å². The Balaban J connectivity index is 2.07. The Morgan fingerprint density at radius 2 is 1.83 bits per heavy atom. The number of carbonyl (C=O) groups excluding carboxylic acids is 2. The molecular weight excluding hydrogens is 230 g/mol. The fourth-order valence-corrected chi connectivity index (χ4v) is 2.22. The molecule has 1 saturated carbocycles. The highest BCUT2D eigenvalue weighted by Crippen LogP contribution is 2.26. The Hall–Kier alpha value is -1.06. The third-order valence-electron chi connectivity index (χ3n) is 3.08. The van der Waals surface area contributed by atoms with E-state index in [0.29, 0.717) is 25.2 Å². The molecule has 0 heterocycles. The maximum atomic E-state index is 11.8. The first-order valence-electron chi connectivity index (χ1n) is 6.88. The third kappa shape index (κ3) is 6.03. The van der Waals surface area contributed by atoms with Gasteiger partial charge in [-0.05, 0) is 40.0 Å². The van der Waals surface area contributed by atoms with Crippen molar-refractivity contribution in [2.24, 2.45) is 5.92 Å². The molecule has 1 N–H and O–H groups in total. The van der Waals surface area contributed by atoms with Crippen LogP contribution in [0.1, 0.15) is 59.3 Å². The molecule has 104 valence electrons. The molecule has 4 heteroatoms. The molecule has 0 unspecified atom stereocenters. The number of carbonyl (C=O) groups is 2. The Morgan fingerprint density at radius 1 is 1.22 bits per heavy atom. The second-order valence-electron chi connectivity index (χ2n) is 5.98. The summed E-state index contributed by atoms with van der Waals surface area (Å²) in [5.41, 5.74) is -0.469. The number of hydrogen-bond donors (Lipinski definition) is 1. The molecule has 0 aromatic rings. The first-order chi connectivity index (χ1) is 8.38. The van der Waals surface area contributed by atoms with Gasteiger partial charge in [0.25, 0.3) is 0 Å². The van der Waals surface area contributed by atoms with Gasteiger partial charge in [-0.2, -0.15) is 0 Å². The van der Waals surface area contributed by atoms with Crippen molar-refractivity contribution in [1.82, 2.24) is 5.32 Å². The number of alkyl carbamates (subject to hydrolysis) is 1. The number of Topliss-reactive ketones (excluding diaryl/α,β-unsaturated/α-hetero) is 1. The zero-order valence-electron chi connectivity index (χ0n) is 11.8. The van der Waals surface area contributed by atoms with E-state index in [4.69, 9.17) is 4.74 Å². The van der Waals surface area contributed by atoms with Crippen molar-refractivity contribution in [2.45, 2.75) is 64.9 Å². The summed E-state index contributed by atoms with van der Waals surface area (Å²) in [6.45, 7) is 6.00. The summed E-state index contributed by atoms with van der Waals surface area (Å²) in [5.74, 6) is 0.644. The van der Waals surface area contributed by atoms with E-state index >= 15 is 0 Å². The van der Waals surface area contributed by atoms with E-state index in [-0.39, 0.29) is 5.92 Å². The van der Waals surface area contributed by atoms with Crippen molar-refractivity contribution < 1.29 is 14.3 Å². The van der Waals surface area contributed by atoms with E-state index in [1.54, 1.807) is 0 Å². The number of rotatable bonds is 5. The lowest BCUT2D eigenvalue weighted by Gasteiger charge is -2.19. The Bertz CT molecular complexity index is 288. The van der Waals surface area contributed by atoms with Crippen LogP contribution in [-0.4, -0.2) is 24.0 Å². The molecule has 0 aromatic carbocycles. The van der Waals surface area contributed by atoms with Crippen LogP contribution in [0.25, 0.3) is 0 Å². The molecule has 1 amide bonds. The molecular formula is C14H25NO3. The fourth-order valence-electron chi connectivity index (χ4n) is 2.22. The number of ether oxygens (including phenoxy) is 1. The molecule has 1 aliphatic carbocycles. The summed E-state index contributed by atoms with van der Waals surface area (Å²) in [7, 11) is 0. The van der Waals surface area contributed by atoms with E-state index in [9.17, 15) is 9.59 Å². The molecule has 0 spiro atoms. The topological polar surface area (TPSA) is 55.4 Å². The van der Waals surface area contributed by atoms with E-state index in [0.717, 1.165) is 12.8 Å². The molecule has 0 saturated heterocycles. The van der Waals surface area contributed by atoms with Gasteiger partial charge < -0.3 is 10.1 Å². The number of nitrogens with one attached hydrogen (secondary N) is 1. The smallest absolute Gasteiger partial charge is 0.407 e. The highest BCUT2D eigenvalue weighted by Gasteiger charge is 2.22. The minimum absolute atomic E-state index is 0.284. The SMILES string of the molecule is CC(C)(C)OC(=O)NCCCC(=O)C1CCCC1. The standard InChI is InChI=1S/C14H25NO3/c1-14(2,3)18-13(17)15-10-6-9-12(16)11-7-4-5-8-11/h11H,4-10H2,1-3H3,(H,15,17). The lowest BCUT2D eigenvalue weighted by atomic mass is 9.99. The summed E-state index contributed by atoms with van der Waals surface area (Å²) >= 11 is 0. The van der Waals surface area contributed by atoms with E-state index in [2.05, 4.69) is 5.32 Å². The molecule has 0 atom stereocenters. The Morgan fingerprint density at radius 3 is 2.39 bits per heavy atom. The average Bonchev–Trinajstić information content (AvgIpc) is 2.74. The Kier molecular flexibility index (Phi) is 5.63. The van der Waals surface area contributed by atoms with Gasteiger partial charge in [0.05, 0.1) is 0 Å². The van der Waals surface area contributed by atoms with E-state index < -0.39 is 11.7 Å². The summed E-state index contributed by atoms with van der Waals surface area (Å²) in [6.07, 6.45) is 5.35. The van der Waals surface area contributed by atoms with Crippen molar-refractivity contribution in [2.75, 3.05) is 6.54 Å². The van der Waals surface area contributed by atoms with Gasteiger partial charge in [-0.25, -0.2) is 4.79 Å². The minimum Gasteiger partial charge on any atom is -0.444 e. The molecule has 1 aliphatic rings. The van der Waals surface area contributed by atoms with Crippen LogP contribution >= 0.6 is 0 Å². The maximum Gasteiger partial charge on any atom is 0.407 e. The number of hydrogen-bond acceptors (Lipinski definition) is 3. The van der Waals surface area contributed by atoms with Crippen LogP contribution in [0.5, 0.6) is 0 Å². The first kappa shape index (κ1) is 15.0. The van der Waals surface area contributed by atoms with E-state index in [1.807, 2.05) is 20.8 Å². The molecule has 18 heavy (non-hydrogen) atoms. The van der Waals surface area contributed by atoms with Gasteiger partial charge in [0.2, 0.25) is 0 Å². The second-order valence-corrected chi connectivity index (χ2v) is 5.98. The normalized spacial score (nSPS) is 16.6. The molecule has 1 rings (SSSR count). The van der Waals surface area contributed by atoms with Crippen LogP contribution < -0.4 is 5.32 Å². The van der Waals surface area contributed by atoms with Gasteiger partial charge in [-0.1, -0.05) is 12.8 Å². The zero-order chi connectivity index (χ0) is 13.6. The summed E-state index contributed by atoms with van der Waals surface area (Å²) in [6, 6.07) is 0. The lowest BCUT2D eigenvalue weighted by Crippen LogP contribution is -2.33. The van der Waals surface area contributed by atoms with Gasteiger partial charge in [0.1, 0.15) is 11.4 Å². The van der Waals surface area contributed by atoms with Crippen LogP contribution in [0.2, 0.25) is 0 Å². The van der Waals surface area contributed by atoms with Gasteiger partial charge in [-0.3, -0.25) is 4.79 Å². The predicted molar refractivity (Wildman–Crippen MR) is 70.4 cm³/mol. The van der Waals surface area contributed by atoms with Crippen molar-refractivity contribution in [3.63, 3.8) is 0 Å². The minimum atomic E-state index is -0.469. The fraction of sp³-hybridized carbons (Fsp3) is 0.857.